The Kier molecular flexibility index (Phi) is 5.78. The second-order valence-corrected chi connectivity index (χ2v) is 5.53. The summed E-state index contributed by atoms with van der Waals surface area (Å²) in [6.45, 7) is 3.48. The molecule has 1 rings (SSSR count). The van der Waals surface area contributed by atoms with E-state index >= 15 is 0 Å². The topological polar surface area (TPSA) is 41.5 Å². The first-order chi connectivity index (χ1) is 7.17. The lowest BCUT2D eigenvalue weighted by atomic mass is 10.3. The highest BCUT2D eigenvalue weighted by Crippen LogP contribution is 2.26. The molecule has 0 aliphatic heterocycles. The number of aliphatic hydroxyl groups excluding tert-OH is 1. The van der Waals surface area contributed by atoms with Gasteiger partial charge in [-0.1, -0.05) is 0 Å². The highest BCUT2D eigenvalue weighted by Gasteiger charge is 2.08. The van der Waals surface area contributed by atoms with E-state index in [2.05, 4.69) is 34.2 Å². The molecule has 0 fully saturated rings. The summed E-state index contributed by atoms with van der Waals surface area (Å²) in [6, 6.07) is 2.12. The molecule has 15 heavy (non-hydrogen) atoms. The average Bonchev–Trinajstić information content (AvgIpc) is 2.53. The molecule has 0 bridgehead atoms. The number of nitrogens with one attached hydrogen (secondary N) is 1. The summed E-state index contributed by atoms with van der Waals surface area (Å²) in [5, 5.41) is 12.3. The Balaban J connectivity index is 2.41. The van der Waals surface area contributed by atoms with Crippen LogP contribution >= 0.6 is 27.3 Å². The zero-order valence-corrected chi connectivity index (χ0v) is 11.3. The van der Waals surface area contributed by atoms with Crippen molar-refractivity contribution in [3.8, 4) is 0 Å². The molecule has 86 valence electrons. The van der Waals surface area contributed by atoms with Crippen molar-refractivity contribution < 1.29 is 9.84 Å². The van der Waals surface area contributed by atoms with E-state index in [1.807, 2.05) is 0 Å². The number of ether oxygens (including phenoxy) is 1. The Morgan fingerprint density at radius 3 is 2.87 bits per heavy atom. The molecule has 0 saturated carbocycles. The zero-order chi connectivity index (χ0) is 11.3. The molecule has 0 aromatic carbocycles. The number of hydrogen-bond acceptors (Lipinski definition) is 4. The minimum absolute atomic E-state index is 0.0104. The second kappa shape index (κ2) is 6.60. The van der Waals surface area contributed by atoms with Crippen LogP contribution in [0.15, 0.2) is 10.5 Å². The molecule has 1 unspecified atom stereocenters. The zero-order valence-electron chi connectivity index (χ0n) is 8.92. The van der Waals surface area contributed by atoms with Gasteiger partial charge in [-0.25, -0.2) is 0 Å². The van der Waals surface area contributed by atoms with Crippen LogP contribution in [-0.4, -0.2) is 31.5 Å². The minimum Gasteiger partial charge on any atom is -0.395 e. The van der Waals surface area contributed by atoms with E-state index in [0.29, 0.717) is 6.61 Å². The second-order valence-electron chi connectivity index (χ2n) is 3.33. The molecule has 0 radical (unpaired) electrons. The SMILES string of the molecule is COCC(CO)NCc1cc(Br)c(C)s1. The normalized spacial score (nSPS) is 13.1. The summed E-state index contributed by atoms with van der Waals surface area (Å²) in [5.74, 6) is 0. The molecule has 0 saturated heterocycles. The summed E-state index contributed by atoms with van der Waals surface area (Å²) >= 11 is 5.23. The van der Waals surface area contributed by atoms with Gasteiger partial charge in [0.25, 0.3) is 0 Å². The maximum atomic E-state index is 9.05. The molecular formula is C10H16BrNO2S. The summed E-state index contributed by atoms with van der Waals surface area (Å²) < 4.78 is 6.13. The fourth-order valence-electron chi connectivity index (χ4n) is 1.23. The molecule has 1 heterocycles. The maximum Gasteiger partial charge on any atom is 0.0638 e. The lowest BCUT2D eigenvalue weighted by Gasteiger charge is -2.14. The molecule has 5 heteroatoms. The number of aryl methyl sites for hydroxylation is 1. The standard InChI is InChI=1S/C10H16BrNO2S/c1-7-10(11)3-9(15-7)4-12-8(5-13)6-14-2/h3,8,12-13H,4-6H2,1-2H3. The van der Waals surface area contributed by atoms with Gasteiger partial charge < -0.3 is 15.2 Å². The van der Waals surface area contributed by atoms with E-state index in [4.69, 9.17) is 9.84 Å². The quantitative estimate of drug-likeness (QED) is 0.842. The van der Waals surface area contributed by atoms with E-state index in [0.717, 1.165) is 11.0 Å². The smallest absolute Gasteiger partial charge is 0.0638 e. The molecule has 2 N–H and O–H groups in total. The molecule has 1 atom stereocenters. The Morgan fingerprint density at radius 2 is 2.40 bits per heavy atom. The molecule has 1 aromatic rings. The Bertz CT molecular complexity index is 284. The van der Waals surface area contributed by atoms with E-state index in [-0.39, 0.29) is 12.6 Å². The highest BCUT2D eigenvalue weighted by molar-refractivity contribution is 9.10. The van der Waals surface area contributed by atoms with E-state index in [1.165, 1.54) is 9.75 Å². The monoisotopic (exact) mass is 293 g/mol. The molecule has 1 aromatic heterocycles. The third-order valence-corrected chi connectivity index (χ3v) is 4.20. The van der Waals surface area contributed by atoms with Gasteiger partial charge in [-0.2, -0.15) is 0 Å². The van der Waals surface area contributed by atoms with E-state index in [9.17, 15) is 0 Å². The van der Waals surface area contributed by atoms with Crippen LogP contribution in [0.1, 0.15) is 9.75 Å². The van der Waals surface area contributed by atoms with Crippen molar-refractivity contribution in [2.45, 2.75) is 19.5 Å². The van der Waals surface area contributed by atoms with Crippen LogP contribution in [0.3, 0.4) is 0 Å². The number of rotatable bonds is 6. The largest absolute Gasteiger partial charge is 0.395 e. The molecule has 0 aliphatic rings. The minimum atomic E-state index is 0.0104. The predicted molar refractivity (Wildman–Crippen MR) is 66.3 cm³/mol. The molecule has 3 nitrogen and oxygen atoms in total. The van der Waals surface area contributed by atoms with Gasteiger partial charge in [0, 0.05) is 27.9 Å². The fraction of sp³-hybridized carbons (Fsp3) is 0.600. The number of methoxy groups -OCH3 is 1. The van der Waals surface area contributed by atoms with Crippen molar-refractivity contribution in [2.24, 2.45) is 0 Å². The molecule has 0 amide bonds. The van der Waals surface area contributed by atoms with Gasteiger partial charge >= 0.3 is 0 Å². The van der Waals surface area contributed by atoms with Gasteiger partial charge in [-0.3, -0.25) is 0 Å². The van der Waals surface area contributed by atoms with Gasteiger partial charge in [0.05, 0.1) is 19.3 Å². The van der Waals surface area contributed by atoms with Crippen molar-refractivity contribution in [1.29, 1.82) is 0 Å². The van der Waals surface area contributed by atoms with Crippen molar-refractivity contribution in [3.05, 3.63) is 20.3 Å². The first-order valence-corrected chi connectivity index (χ1v) is 6.36. The fourth-order valence-corrected chi connectivity index (χ4v) is 2.78. The number of hydrogen-bond donors (Lipinski definition) is 2. The molecular weight excluding hydrogens is 278 g/mol. The van der Waals surface area contributed by atoms with Crippen molar-refractivity contribution >= 4 is 27.3 Å². The van der Waals surface area contributed by atoms with Gasteiger partial charge in [0.2, 0.25) is 0 Å². The van der Waals surface area contributed by atoms with Crippen LogP contribution in [-0.2, 0) is 11.3 Å². The van der Waals surface area contributed by atoms with Crippen LogP contribution in [0.5, 0.6) is 0 Å². The van der Waals surface area contributed by atoms with Gasteiger partial charge in [-0.05, 0) is 28.9 Å². The van der Waals surface area contributed by atoms with Crippen LogP contribution < -0.4 is 5.32 Å². The third kappa shape index (κ3) is 4.20. The Morgan fingerprint density at radius 1 is 1.67 bits per heavy atom. The summed E-state index contributed by atoms with van der Waals surface area (Å²) in [4.78, 5) is 2.54. The van der Waals surface area contributed by atoms with Gasteiger partial charge in [-0.15, -0.1) is 11.3 Å². The summed E-state index contributed by atoms with van der Waals surface area (Å²) in [6.07, 6.45) is 0. The summed E-state index contributed by atoms with van der Waals surface area (Å²) in [7, 11) is 1.64. The maximum absolute atomic E-state index is 9.05. The number of thiophene rings is 1. The van der Waals surface area contributed by atoms with Gasteiger partial charge in [0.1, 0.15) is 0 Å². The van der Waals surface area contributed by atoms with E-state index < -0.39 is 0 Å². The van der Waals surface area contributed by atoms with Gasteiger partial charge in [0.15, 0.2) is 0 Å². The van der Waals surface area contributed by atoms with Crippen LogP contribution in [0.2, 0.25) is 0 Å². The summed E-state index contributed by atoms with van der Waals surface area (Å²) in [5.41, 5.74) is 0. The molecule has 0 spiro atoms. The van der Waals surface area contributed by atoms with E-state index in [1.54, 1.807) is 18.4 Å². The first-order valence-electron chi connectivity index (χ1n) is 4.75. The van der Waals surface area contributed by atoms with Crippen molar-refractivity contribution in [3.63, 3.8) is 0 Å². The van der Waals surface area contributed by atoms with Crippen molar-refractivity contribution in [1.82, 2.24) is 5.32 Å². The van der Waals surface area contributed by atoms with Crippen LogP contribution in [0.4, 0.5) is 0 Å². The Labute approximate surface area is 103 Å². The van der Waals surface area contributed by atoms with Crippen molar-refractivity contribution in [2.75, 3.05) is 20.3 Å². The third-order valence-electron chi connectivity index (χ3n) is 2.06. The Hall–Kier alpha value is 0.0600. The number of aliphatic hydroxyl groups is 1. The lowest BCUT2D eigenvalue weighted by molar-refractivity contribution is 0.128. The lowest BCUT2D eigenvalue weighted by Crippen LogP contribution is -2.35. The molecule has 0 aliphatic carbocycles. The highest BCUT2D eigenvalue weighted by atomic mass is 79.9. The predicted octanol–water partition coefficient (Wildman–Crippen LogP) is 1.92. The van der Waals surface area contributed by atoms with Crippen LogP contribution in [0.25, 0.3) is 0 Å². The average molecular weight is 294 g/mol. The first kappa shape index (κ1) is 13.1. The number of halogens is 1. The van der Waals surface area contributed by atoms with Crippen LogP contribution in [0, 0.1) is 6.92 Å².